The molecule has 3 rings (SSSR count). The van der Waals surface area contributed by atoms with Crippen LogP contribution in [0.4, 0.5) is 4.79 Å². The second-order valence-corrected chi connectivity index (χ2v) is 8.49. The summed E-state index contributed by atoms with van der Waals surface area (Å²) >= 11 is 2.01. The van der Waals surface area contributed by atoms with Crippen LogP contribution in [0.25, 0.3) is 0 Å². The number of carbonyl (C=O) groups is 1. The molecule has 120 valence electrons. The summed E-state index contributed by atoms with van der Waals surface area (Å²) < 4.78 is 0. The number of hydrogen-bond donors (Lipinski definition) is 3. The van der Waals surface area contributed by atoms with Gasteiger partial charge in [-0.05, 0) is 56.1 Å². The fraction of sp³-hybridized carbons (Fsp3) is 0.938. The molecule has 3 aliphatic carbocycles. The van der Waals surface area contributed by atoms with Crippen LogP contribution in [0.3, 0.4) is 0 Å². The zero-order chi connectivity index (χ0) is 14.8. The van der Waals surface area contributed by atoms with Gasteiger partial charge in [0, 0.05) is 29.9 Å². The van der Waals surface area contributed by atoms with Gasteiger partial charge >= 0.3 is 6.03 Å². The van der Waals surface area contributed by atoms with E-state index in [-0.39, 0.29) is 24.6 Å². The van der Waals surface area contributed by atoms with Gasteiger partial charge in [-0.3, -0.25) is 0 Å². The van der Waals surface area contributed by atoms with E-state index in [2.05, 4.69) is 17.6 Å². The van der Waals surface area contributed by atoms with Crippen LogP contribution >= 0.6 is 11.8 Å². The second-order valence-electron chi connectivity index (χ2n) is 6.91. The Morgan fingerprint density at radius 1 is 1.14 bits per heavy atom. The Hall–Kier alpha value is -0.420. The Kier molecular flexibility index (Phi) is 4.99. The van der Waals surface area contributed by atoms with Crippen molar-refractivity contribution >= 4 is 17.8 Å². The lowest BCUT2D eigenvalue weighted by Gasteiger charge is -2.31. The van der Waals surface area contributed by atoms with Crippen molar-refractivity contribution in [1.82, 2.24) is 10.6 Å². The van der Waals surface area contributed by atoms with Crippen molar-refractivity contribution in [2.75, 3.05) is 12.4 Å². The maximum atomic E-state index is 12.2. The molecule has 0 heterocycles. The minimum absolute atomic E-state index is 0.0156. The number of carbonyl (C=O) groups excluding carboxylic acids is 1. The number of amides is 2. The fourth-order valence-corrected chi connectivity index (χ4v) is 5.88. The van der Waals surface area contributed by atoms with Crippen molar-refractivity contribution in [2.24, 2.45) is 17.8 Å². The Morgan fingerprint density at radius 3 is 2.71 bits per heavy atom. The minimum Gasteiger partial charge on any atom is -0.396 e. The predicted molar refractivity (Wildman–Crippen MR) is 86.4 cm³/mol. The third kappa shape index (κ3) is 3.34. The number of aliphatic hydroxyl groups is 1. The highest BCUT2D eigenvalue weighted by atomic mass is 32.2. The van der Waals surface area contributed by atoms with Crippen molar-refractivity contribution < 1.29 is 9.90 Å². The van der Waals surface area contributed by atoms with Gasteiger partial charge < -0.3 is 15.7 Å². The summed E-state index contributed by atoms with van der Waals surface area (Å²) in [5.41, 5.74) is 0. The Labute approximate surface area is 131 Å². The van der Waals surface area contributed by atoms with Crippen molar-refractivity contribution in [1.29, 1.82) is 0 Å². The Balaban J connectivity index is 1.46. The number of fused-ring (bicyclic) bond motifs is 2. The molecule has 3 saturated carbocycles. The van der Waals surface area contributed by atoms with Crippen LogP contribution in [0.2, 0.25) is 0 Å². The van der Waals surface area contributed by atoms with Crippen LogP contribution in [0, 0.1) is 17.8 Å². The molecule has 4 nitrogen and oxygen atoms in total. The molecule has 0 aromatic carbocycles. The predicted octanol–water partition coefficient (Wildman–Crippen LogP) is 2.37. The molecule has 3 N–H and O–H groups in total. The van der Waals surface area contributed by atoms with Crippen LogP contribution in [0.5, 0.6) is 0 Å². The van der Waals surface area contributed by atoms with Gasteiger partial charge in [0.1, 0.15) is 0 Å². The van der Waals surface area contributed by atoms with Gasteiger partial charge in [-0.15, -0.1) is 0 Å². The van der Waals surface area contributed by atoms with E-state index >= 15 is 0 Å². The third-order valence-corrected chi connectivity index (χ3v) is 6.95. The lowest BCUT2D eigenvalue weighted by Crippen LogP contribution is -2.51. The van der Waals surface area contributed by atoms with Crippen molar-refractivity contribution in [3.63, 3.8) is 0 Å². The number of rotatable bonds is 5. The number of nitrogens with one attached hydrogen (secondary N) is 2. The summed E-state index contributed by atoms with van der Waals surface area (Å²) in [4.78, 5) is 12.2. The average Bonchev–Trinajstić information content (AvgIpc) is 3.15. The van der Waals surface area contributed by atoms with Gasteiger partial charge in [-0.1, -0.05) is 6.92 Å². The summed E-state index contributed by atoms with van der Waals surface area (Å²) in [5.74, 6) is 2.65. The lowest BCUT2D eigenvalue weighted by atomic mass is 9.85. The molecule has 6 unspecified atom stereocenters. The van der Waals surface area contributed by atoms with E-state index in [4.69, 9.17) is 0 Å². The zero-order valence-corrected chi connectivity index (χ0v) is 13.7. The van der Waals surface area contributed by atoms with E-state index in [0.717, 1.165) is 18.6 Å². The number of urea groups is 1. The molecule has 6 atom stereocenters. The number of aliphatic hydroxyl groups excluding tert-OH is 1. The first kappa shape index (κ1) is 15.5. The summed E-state index contributed by atoms with van der Waals surface area (Å²) in [5, 5.41) is 16.6. The zero-order valence-electron chi connectivity index (χ0n) is 12.9. The molecule has 0 aromatic rings. The largest absolute Gasteiger partial charge is 0.396 e. The minimum atomic E-state index is -0.0156. The smallest absolute Gasteiger partial charge is 0.315 e. The molecule has 0 spiro atoms. The van der Waals surface area contributed by atoms with Gasteiger partial charge in [0.2, 0.25) is 0 Å². The highest BCUT2D eigenvalue weighted by Gasteiger charge is 2.47. The maximum Gasteiger partial charge on any atom is 0.315 e. The van der Waals surface area contributed by atoms with Gasteiger partial charge in [0.05, 0.1) is 0 Å². The molecule has 2 bridgehead atoms. The maximum absolute atomic E-state index is 12.2. The monoisotopic (exact) mass is 312 g/mol. The van der Waals surface area contributed by atoms with Gasteiger partial charge in [0.25, 0.3) is 0 Å². The quantitative estimate of drug-likeness (QED) is 0.730. The van der Waals surface area contributed by atoms with Crippen molar-refractivity contribution in [3.05, 3.63) is 0 Å². The highest BCUT2D eigenvalue weighted by molar-refractivity contribution is 7.99. The Morgan fingerprint density at radius 2 is 1.95 bits per heavy atom. The Bertz CT molecular complexity index is 379. The molecular formula is C16H28N2O2S. The fourth-order valence-electron chi connectivity index (χ4n) is 4.73. The van der Waals surface area contributed by atoms with E-state index in [1.807, 2.05) is 11.8 Å². The molecule has 0 radical (unpaired) electrons. The summed E-state index contributed by atoms with van der Waals surface area (Å²) in [6.45, 7) is 2.41. The molecule has 0 saturated heterocycles. The molecule has 21 heavy (non-hydrogen) atoms. The van der Waals surface area contributed by atoms with Crippen molar-refractivity contribution in [2.45, 2.75) is 62.8 Å². The van der Waals surface area contributed by atoms with E-state index in [1.54, 1.807) is 0 Å². The molecule has 3 fully saturated rings. The van der Waals surface area contributed by atoms with Crippen LogP contribution in [0.15, 0.2) is 0 Å². The van der Waals surface area contributed by atoms with Crippen LogP contribution in [-0.2, 0) is 0 Å². The van der Waals surface area contributed by atoms with Gasteiger partial charge in [-0.2, -0.15) is 11.8 Å². The van der Waals surface area contributed by atoms with E-state index in [0.29, 0.717) is 23.1 Å². The normalized spacial score (nSPS) is 41.4. The number of thioether (sulfide) groups is 1. The van der Waals surface area contributed by atoms with Crippen molar-refractivity contribution in [3.8, 4) is 0 Å². The SMILES string of the molecule is CCSC1CCC(NC(=O)NC2C3CCC(C3)C2CO)C1. The first-order chi connectivity index (χ1) is 10.2. The van der Waals surface area contributed by atoms with E-state index in [1.165, 1.54) is 25.7 Å². The topological polar surface area (TPSA) is 61.4 Å². The first-order valence-corrected chi connectivity index (χ1v) is 9.55. The van der Waals surface area contributed by atoms with Gasteiger partial charge in [0.15, 0.2) is 0 Å². The van der Waals surface area contributed by atoms with E-state index in [9.17, 15) is 9.90 Å². The molecule has 0 aromatic heterocycles. The van der Waals surface area contributed by atoms with Crippen LogP contribution < -0.4 is 10.6 Å². The van der Waals surface area contributed by atoms with Crippen LogP contribution in [0.1, 0.15) is 45.4 Å². The number of hydrogen-bond acceptors (Lipinski definition) is 3. The molecule has 2 amide bonds. The second kappa shape index (κ2) is 6.78. The molecule has 3 aliphatic rings. The summed E-state index contributed by atoms with van der Waals surface area (Å²) in [7, 11) is 0. The van der Waals surface area contributed by atoms with Gasteiger partial charge in [-0.25, -0.2) is 4.79 Å². The lowest BCUT2D eigenvalue weighted by molar-refractivity contribution is 0.144. The summed E-state index contributed by atoms with van der Waals surface area (Å²) in [6, 6.07) is 0.509. The molecule has 5 heteroatoms. The summed E-state index contributed by atoms with van der Waals surface area (Å²) in [6.07, 6.45) is 7.06. The highest BCUT2D eigenvalue weighted by Crippen LogP contribution is 2.48. The first-order valence-electron chi connectivity index (χ1n) is 8.50. The third-order valence-electron chi connectivity index (χ3n) is 5.72. The van der Waals surface area contributed by atoms with Crippen LogP contribution in [-0.4, -0.2) is 40.8 Å². The molecule has 0 aliphatic heterocycles. The van der Waals surface area contributed by atoms with E-state index < -0.39 is 0 Å². The average molecular weight is 312 g/mol. The molecular weight excluding hydrogens is 284 g/mol. The standard InChI is InChI=1S/C16H28N2O2S/c1-2-21-13-6-5-12(8-13)17-16(20)18-15-11-4-3-10(7-11)14(15)9-19/h10-15,19H,2-9H2,1H3,(H2,17,18,20).